The summed E-state index contributed by atoms with van der Waals surface area (Å²) in [6, 6.07) is 42.4. The Morgan fingerprint density at radius 3 is 2.08 bits per heavy atom. The lowest BCUT2D eigenvalue weighted by atomic mass is 9.95. The maximum Gasteiger partial charge on any atom is 0.160 e. The van der Waals surface area contributed by atoms with Gasteiger partial charge in [0.1, 0.15) is 0 Å². The molecule has 0 spiro atoms. The van der Waals surface area contributed by atoms with E-state index in [1.54, 1.807) is 11.3 Å². The summed E-state index contributed by atoms with van der Waals surface area (Å²) in [6.45, 7) is 0. The second kappa shape index (κ2) is 8.83. The van der Waals surface area contributed by atoms with Gasteiger partial charge >= 0.3 is 0 Å². The van der Waals surface area contributed by atoms with Crippen LogP contribution in [-0.4, -0.2) is 15.0 Å². The Morgan fingerprint density at radius 2 is 1.23 bits per heavy atom. The monoisotopic (exact) mass is 515 g/mol. The Hall–Kier alpha value is -4.93. The van der Waals surface area contributed by atoms with Crippen molar-refractivity contribution in [3.05, 3.63) is 128 Å². The zero-order valence-corrected chi connectivity index (χ0v) is 21.7. The molecule has 0 aliphatic heterocycles. The highest BCUT2D eigenvalue weighted by Crippen LogP contribution is 2.40. The third kappa shape index (κ3) is 3.61. The first-order valence-electron chi connectivity index (χ1n) is 13.0. The van der Waals surface area contributed by atoms with Crippen molar-refractivity contribution in [1.82, 2.24) is 15.0 Å². The van der Waals surface area contributed by atoms with Gasteiger partial charge in [-0.05, 0) is 34.7 Å². The fourth-order valence-corrected chi connectivity index (χ4v) is 6.62. The van der Waals surface area contributed by atoms with E-state index >= 15 is 0 Å². The minimum absolute atomic E-state index is 0.740. The van der Waals surface area contributed by atoms with Gasteiger partial charge < -0.3 is 0 Å². The molecule has 182 valence electrons. The van der Waals surface area contributed by atoms with Gasteiger partial charge in [-0.1, -0.05) is 103 Å². The number of aromatic nitrogens is 3. The van der Waals surface area contributed by atoms with Crippen LogP contribution < -0.4 is 0 Å². The molecule has 3 nitrogen and oxygen atoms in total. The zero-order valence-electron chi connectivity index (χ0n) is 20.9. The highest BCUT2D eigenvalue weighted by atomic mass is 32.1. The third-order valence-electron chi connectivity index (χ3n) is 7.33. The molecule has 0 fully saturated rings. The molecule has 0 bridgehead atoms. The van der Waals surface area contributed by atoms with Crippen LogP contribution in [0.4, 0.5) is 0 Å². The number of benzene rings is 5. The lowest BCUT2D eigenvalue weighted by Crippen LogP contribution is -1.93. The normalized spacial score (nSPS) is 11.6. The molecule has 5 aromatic carbocycles. The van der Waals surface area contributed by atoms with E-state index in [0.717, 1.165) is 49.3 Å². The van der Waals surface area contributed by atoms with Crippen LogP contribution in [0.3, 0.4) is 0 Å². The van der Waals surface area contributed by atoms with Crippen LogP contribution in [-0.2, 0) is 0 Å². The first kappa shape index (κ1) is 22.1. The molecular formula is C35H21N3S. The summed E-state index contributed by atoms with van der Waals surface area (Å²) in [7, 11) is 0. The van der Waals surface area contributed by atoms with Crippen molar-refractivity contribution in [1.29, 1.82) is 0 Å². The van der Waals surface area contributed by atoms with Crippen LogP contribution in [0.2, 0.25) is 0 Å². The van der Waals surface area contributed by atoms with E-state index in [1.807, 2.05) is 18.3 Å². The minimum atomic E-state index is 0.740. The molecule has 3 aromatic heterocycles. The van der Waals surface area contributed by atoms with Gasteiger partial charge in [-0.3, -0.25) is 4.98 Å². The molecule has 0 atom stereocenters. The number of hydrogen-bond donors (Lipinski definition) is 0. The number of fused-ring (bicyclic) bond motifs is 6. The predicted molar refractivity (Wildman–Crippen MR) is 164 cm³/mol. The summed E-state index contributed by atoms with van der Waals surface area (Å²) in [5.74, 6) is 0.740. The fourth-order valence-electron chi connectivity index (χ4n) is 5.47. The fraction of sp³-hybridized carbons (Fsp3) is 0. The van der Waals surface area contributed by atoms with Crippen LogP contribution >= 0.6 is 11.3 Å². The lowest BCUT2D eigenvalue weighted by molar-refractivity contribution is 1.24. The molecule has 8 aromatic rings. The second-order valence-corrected chi connectivity index (χ2v) is 10.7. The summed E-state index contributed by atoms with van der Waals surface area (Å²) in [6.07, 6.45) is 1.86. The largest absolute Gasteiger partial charge is 0.256 e. The first-order chi connectivity index (χ1) is 19.3. The van der Waals surface area contributed by atoms with Crippen molar-refractivity contribution in [3.8, 4) is 33.8 Å². The zero-order chi connectivity index (χ0) is 25.8. The molecule has 39 heavy (non-hydrogen) atoms. The molecule has 0 aliphatic rings. The van der Waals surface area contributed by atoms with Gasteiger partial charge in [-0.15, -0.1) is 11.3 Å². The van der Waals surface area contributed by atoms with E-state index in [0.29, 0.717) is 0 Å². The van der Waals surface area contributed by atoms with Crippen LogP contribution in [0.5, 0.6) is 0 Å². The number of pyridine rings is 1. The van der Waals surface area contributed by atoms with Crippen molar-refractivity contribution in [2.24, 2.45) is 0 Å². The Morgan fingerprint density at radius 1 is 0.513 bits per heavy atom. The Balaban J connectivity index is 1.31. The third-order valence-corrected chi connectivity index (χ3v) is 8.50. The van der Waals surface area contributed by atoms with E-state index in [1.165, 1.54) is 26.4 Å². The van der Waals surface area contributed by atoms with E-state index in [2.05, 4.69) is 114 Å². The average molecular weight is 516 g/mol. The molecular weight excluding hydrogens is 494 g/mol. The molecule has 4 heteroatoms. The average Bonchev–Trinajstić information content (AvgIpc) is 3.39. The second-order valence-electron chi connectivity index (χ2n) is 9.66. The lowest BCUT2D eigenvalue weighted by Gasteiger charge is -2.11. The van der Waals surface area contributed by atoms with Crippen LogP contribution in [0.25, 0.3) is 75.8 Å². The van der Waals surface area contributed by atoms with Crippen LogP contribution in [0, 0.1) is 0 Å². The summed E-state index contributed by atoms with van der Waals surface area (Å²) in [4.78, 5) is 14.9. The molecule has 0 saturated heterocycles. The van der Waals surface area contributed by atoms with Crippen molar-refractivity contribution < 1.29 is 0 Å². The first-order valence-corrected chi connectivity index (χ1v) is 13.8. The SMILES string of the molecule is c1ccc(-c2nc(-c3ccc(-c4cc5cccnc5c5ccccc45)cc3)nc3c2sc2ccccc23)cc1. The van der Waals surface area contributed by atoms with E-state index < -0.39 is 0 Å². The van der Waals surface area contributed by atoms with Crippen LogP contribution in [0.1, 0.15) is 0 Å². The topological polar surface area (TPSA) is 38.7 Å². The van der Waals surface area contributed by atoms with E-state index in [4.69, 9.17) is 9.97 Å². The standard InChI is InChI=1S/C35H21N3S/c1-2-9-23(10-3-1)32-34-33(28-14-6-7-15-30(28)39-34)38-35(37-32)24-18-16-22(17-19-24)29-21-25-11-8-20-36-31(25)27-13-5-4-12-26(27)29/h1-21H. The molecule has 8 rings (SSSR count). The molecule has 0 aliphatic carbocycles. The number of hydrogen-bond acceptors (Lipinski definition) is 4. The summed E-state index contributed by atoms with van der Waals surface area (Å²) in [5.41, 5.74) is 7.48. The summed E-state index contributed by atoms with van der Waals surface area (Å²) < 4.78 is 2.35. The molecule has 0 radical (unpaired) electrons. The van der Waals surface area contributed by atoms with Gasteiger partial charge in [-0.25, -0.2) is 9.97 Å². The molecule has 3 heterocycles. The summed E-state index contributed by atoms with van der Waals surface area (Å²) in [5, 5.41) is 4.68. The van der Waals surface area contributed by atoms with Crippen molar-refractivity contribution in [2.45, 2.75) is 0 Å². The van der Waals surface area contributed by atoms with E-state index in [9.17, 15) is 0 Å². The predicted octanol–water partition coefficient (Wildman–Crippen LogP) is 9.55. The van der Waals surface area contributed by atoms with Gasteiger partial charge in [0.15, 0.2) is 5.82 Å². The van der Waals surface area contributed by atoms with Crippen molar-refractivity contribution >= 4 is 53.3 Å². The van der Waals surface area contributed by atoms with Gasteiger partial charge in [0.2, 0.25) is 0 Å². The molecule has 0 amide bonds. The molecule has 0 unspecified atom stereocenters. The number of nitrogens with zero attached hydrogens (tertiary/aromatic N) is 3. The minimum Gasteiger partial charge on any atom is -0.256 e. The quantitative estimate of drug-likeness (QED) is 0.220. The van der Waals surface area contributed by atoms with Crippen LogP contribution in [0.15, 0.2) is 128 Å². The Labute approximate surface area is 229 Å². The molecule has 0 saturated carbocycles. The highest BCUT2D eigenvalue weighted by Gasteiger charge is 2.16. The smallest absolute Gasteiger partial charge is 0.160 e. The maximum atomic E-state index is 5.12. The van der Waals surface area contributed by atoms with Crippen molar-refractivity contribution in [2.75, 3.05) is 0 Å². The van der Waals surface area contributed by atoms with Gasteiger partial charge in [0.05, 0.1) is 21.4 Å². The Kier molecular flexibility index (Phi) is 5.00. The van der Waals surface area contributed by atoms with Crippen molar-refractivity contribution in [3.63, 3.8) is 0 Å². The van der Waals surface area contributed by atoms with Gasteiger partial charge in [-0.2, -0.15) is 0 Å². The maximum absolute atomic E-state index is 5.12. The van der Waals surface area contributed by atoms with Gasteiger partial charge in [0, 0.05) is 38.2 Å². The molecule has 0 N–H and O–H groups in total. The van der Waals surface area contributed by atoms with Gasteiger partial charge in [0.25, 0.3) is 0 Å². The number of rotatable bonds is 3. The number of thiophene rings is 1. The van der Waals surface area contributed by atoms with E-state index in [-0.39, 0.29) is 0 Å². The highest BCUT2D eigenvalue weighted by molar-refractivity contribution is 7.26. The summed E-state index contributed by atoms with van der Waals surface area (Å²) >= 11 is 1.76. The Bertz CT molecular complexity index is 2160.